The van der Waals surface area contributed by atoms with E-state index in [9.17, 15) is 4.39 Å². The molecule has 19 heavy (non-hydrogen) atoms. The maximum atomic E-state index is 13.1. The van der Waals surface area contributed by atoms with Crippen molar-refractivity contribution in [2.75, 3.05) is 0 Å². The summed E-state index contributed by atoms with van der Waals surface area (Å²) >= 11 is 6.02. The molecule has 0 radical (unpaired) electrons. The number of benzene rings is 1. The quantitative estimate of drug-likeness (QED) is 0.913. The van der Waals surface area contributed by atoms with E-state index in [1.54, 1.807) is 6.07 Å². The van der Waals surface area contributed by atoms with Crippen molar-refractivity contribution in [2.45, 2.75) is 26.4 Å². The molecule has 0 aliphatic carbocycles. The smallest absolute Gasteiger partial charge is 0.123 e. The molecule has 102 valence electrons. The Kier molecular flexibility index (Phi) is 4.56. The lowest BCUT2D eigenvalue weighted by atomic mass is 10.2. The SMILES string of the molecule is CCc1nn(C)cc1CNCc1cc(F)ccc1Cl. The molecule has 1 heterocycles. The van der Waals surface area contributed by atoms with Gasteiger partial charge in [0.15, 0.2) is 0 Å². The van der Waals surface area contributed by atoms with Gasteiger partial charge in [-0.2, -0.15) is 5.10 Å². The highest BCUT2D eigenvalue weighted by Crippen LogP contribution is 2.17. The first-order valence-corrected chi connectivity index (χ1v) is 6.64. The molecule has 3 nitrogen and oxygen atoms in total. The topological polar surface area (TPSA) is 29.9 Å². The average Bonchev–Trinajstić information content (AvgIpc) is 2.74. The van der Waals surface area contributed by atoms with Gasteiger partial charge in [0.1, 0.15) is 5.82 Å². The Morgan fingerprint density at radius 1 is 1.32 bits per heavy atom. The molecular formula is C14H17ClFN3. The summed E-state index contributed by atoms with van der Waals surface area (Å²) in [5.41, 5.74) is 3.02. The Morgan fingerprint density at radius 3 is 2.79 bits per heavy atom. The van der Waals surface area contributed by atoms with Crippen LogP contribution in [0.2, 0.25) is 5.02 Å². The zero-order chi connectivity index (χ0) is 13.8. The number of hydrogen-bond acceptors (Lipinski definition) is 2. The maximum Gasteiger partial charge on any atom is 0.123 e. The van der Waals surface area contributed by atoms with Crippen molar-refractivity contribution in [3.63, 3.8) is 0 Å². The Morgan fingerprint density at radius 2 is 2.05 bits per heavy atom. The first-order valence-electron chi connectivity index (χ1n) is 6.26. The number of nitrogens with zero attached hydrogens (tertiary/aromatic N) is 2. The van der Waals surface area contributed by atoms with Crippen LogP contribution in [0.4, 0.5) is 4.39 Å². The maximum absolute atomic E-state index is 13.1. The predicted molar refractivity (Wildman–Crippen MR) is 74.5 cm³/mol. The molecule has 1 aromatic heterocycles. The van der Waals surface area contributed by atoms with Crippen molar-refractivity contribution in [1.82, 2.24) is 15.1 Å². The molecule has 2 rings (SSSR count). The van der Waals surface area contributed by atoms with Gasteiger partial charge in [-0.05, 0) is 30.2 Å². The molecule has 2 aromatic rings. The second-order valence-corrected chi connectivity index (χ2v) is 4.87. The molecule has 0 spiro atoms. The van der Waals surface area contributed by atoms with Gasteiger partial charge in [-0.25, -0.2) is 4.39 Å². The van der Waals surface area contributed by atoms with Crippen molar-refractivity contribution in [1.29, 1.82) is 0 Å². The highest BCUT2D eigenvalue weighted by Gasteiger charge is 2.06. The second kappa shape index (κ2) is 6.17. The Hall–Kier alpha value is -1.39. The number of halogens is 2. The van der Waals surface area contributed by atoms with E-state index in [1.807, 2.05) is 17.9 Å². The molecule has 1 aromatic carbocycles. The van der Waals surface area contributed by atoms with Crippen LogP contribution in [-0.4, -0.2) is 9.78 Å². The molecule has 0 aliphatic rings. The Balaban J connectivity index is 1.98. The monoisotopic (exact) mass is 281 g/mol. The van der Waals surface area contributed by atoms with Crippen LogP contribution in [0.5, 0.6) is 0 Å². The van der Waals surface area contributed by atoms with Crippen LogP contribution in [0.25, 0.3) is 0 Å². The van der Waals surface area contributed by atoms with Crippen LogP contribution in [0.1, 0.15) is 23.7 Å². The molecule has 0 saturated heterocycles. The summed E-state index contributed by atoms with van der Waals surface area (Å²) in [5, 5.41) is 8.23. The van der Waals surface area contributed by atoms with Crippen molar-refractivity contribution in [3.05, 3.63) is 52.1 Å². The van der Waals surface area contributed by atoms with E-state index in [-0.39, 0.29) is 5.82 Å². The summed E-state index contributed by atoms with van der Waals surface area (Å²) in [6.07, 6.45) is 2.90. The normalized spacial score (nSPS) is 10.9. The fraction of sp³-hybridized carbons (Fsp3) is 0.357. The number of aromatic nitrogens is 2. The third kappa shape index (κ3) is 3.55. The second-order valence-electron chi connectivity index (χ2n) is 4.47. The third-order valence-electron chi connectivity index (χ3n) is 2.97. The van der Waals surface area contributed by atoms with Crippen molar-refractivity contribution >= 4 is 11.6 Å². The lowest BCUT2D eigenvalue weighted by molar-refractivity contribution is 0.620. The van der Waals surface area contributed by atoms with Crippen LogP contribution < -0.4 is 5.32 Å². The van der Waals surface area contributed by atoms with E-state index in [2.05, 4.69) is 17.3 Å². The van der Waals surface area contributed by atoms with E-state index in [4.69, 9.17) is 11.6 Å². The summed E-state index contributed by atoms with van der Waals surface area (Å²) in [6, 6.07) is 4.40. The molecule has 0 saturated carbocycles. The average molecular weight is 282 g/mol. The molecule has 0 atom stereocenters. The van der Waals surface area contributed by atoms with Crippen LogP contribution in [0.15, 0.2) is 24.4 Å². The molecule has 0 unspecified atom stereocenters. The molecule has 5 heteroatoms. The minimum atomic E-state index is -0.267. The zero-order valence-electron chi connectivity index (χ0n) is 11.1. The summed E-state index contributed by atoms with van der Waals surface area (Å²) in [7, 11) is 1.91. The van der Waals surface area contributed by atoms with Crippen molar-refractivity contribution in [3.8, 4) is 0 Å². The first-order chi connectivity index (χ1) is 9.10. The molecule has 0 aliphatic heterocycles. The summed E-state index contributed by atoms with van der Waals surface area (Å²) in [6.45, 7) is 3.31. The van der Waals surface area contributed by atoms with E-state index < -0.39 is 0 Å². The lowest BCUT2D eigenvalue weighted by Crippen LogP contribution is -2.13. The van der Waals surface area contributed by atoms with E-state index in [1.165, 1.54) is 12.1 Å². The largest absolute Gasteiger partial charge is 0.308 e. The number of aryl methyl sites for hydroxylation is 2. The fourth-order valence-electron chi connectivity index (χ4n) is 2.04. The predicted octanol–water partition coefficient (Wildman–Crippen LogP) is 3.06. The van der Waals surface area contributed by atoms with Gasteiger partial charge in [0.2, 0.25) is 0 Å². The number of hydrogen-bond donors (Lipinski definition) is 1. The van der Waals surface area contributed by atoms with Gasteiger partial charge in [-0.1, -0.05) is 18.5 Å². The fourth-order valence-corrected chi connectivity index (χ4v) is 2.22. The zero-order valence-corrected chi connectivity index (χ0v) is 11.8. The lowest BCUT2D eigenvalue weighted by Gasteiger charge is -2.06. The molecular weight excluding hydrogens is 265 g/mol. The highest BCUT2D eigenvalue weighted by molar-refractivity contribution is 6.31. The van der Waals surface area contributed by atoms with Gasteiger partial charge < -0.3 is 5.32 Å². The highest BCUT2D eigenvalue weighted by atomic mass is 35.5. The van der Waals surface area contributed by atoms with E-state index in [0.717, 1.165) is 23.2 Å². The molecule has 0 amide bonds. The van der Waals surface area contributed by atoms with Gasteiger partial charge >= 0.3 is 0 Å². The van der Waals surface area contributed by atoms with E-state index >= 15 is 0 Å². The van der Waals surface area contributed by atoms with Crippen molar-refractivity contribution < 1.29 is 4.39 Å². The third-order valence-corrected chi connectivity index (χ3v) is 3.33. The van der Waals surface area contributed by atoms with Crippen LogP contribution >= 0.6 is 11.6 Å². The van der Waals surface area contributed by atoms with Crippen molar-refractivity contribution in [2.24, 2.45) is 7.05 Å². The summed E-state index contributed by atoms with van der Waals surface area (Å²) in [5.74, 6) is -0.267. The van der Waals surface area contributed by atoms with Gasteiger partial charge in [0, 0.05) is 36.9 Å². The van der Waals surface area contributed by atoms with Crippen LogP contribution in [0, 0.1) is 5.82 Å². The molecule has 0 bridgehead atoms. The Bertz CT molecular complexity index is 566. The minimum Gasteiger partial charge on any atom is -0.308 e. The molecule has 1 N–H and O–H groups in total. The number of nitrogens with one attached hydrogen (secondary N) is 1. The van der Waals surface area contributed by atoms with E-state index in [0.29, 0.717) is 18.1 Å². The van der Waals surface area contributed by atoms with Gasteiger partial charge in [-0.15, -0.1) is 0 Å². The summed E-state index contributed by atoms with van der Waals surface area (Å²) in [4.78, 5) is 0. The van der Waals surface area contributed by atoms with Gasteiger partial charge in [0.05, 0.1) is 5.69 Å². The Labute approximate surface area is 117 Å². The van der Waals surface area contributed by atoms with Gasteiger partial charge in [-0.3, -0.25) is 4.68 Å². The standard InChI is InChI=1S/C14H17ClFN3/c1-3-14-11(9-19(2)18-14)8-17-7-10-6-12(16)4-5-13(10)15/h4-6,9,17H,3,7-8H2,1-2H3. The van der Waals surface area contributed by atoms with Crippen LogP contribution in [0.3, 0.4) is 0 Å². The van der Waals surface area contributed by atoms with Gasteiger partial charge in [0.25, 0.3) is 0 Å². The molecule has 0 fully saturated rings. The number of rotatable bonds is 5. The minimum absolute atomic E-state index is 0.267. The first kappa shape index (κ1) is 14.0. The summed E-state index contributed by atoms with van der Waals surface area (Å²) < 4.78 is 14.9. The van der Waals surface area contributed by atoms with Crippen LogP contribution in [-0.2, 0) is 26.6 Å².